The summed E-state index contributed by atoms with van der Waals surface area (Å²) in [5.41, 5.74) is 1.47. The van der Waals surface area contributed by atoms with E-state index in [0.717, 1.165) is 5.56 Å². The van der Waals surface area contributed by atoms with Crippen LogP contribution in [0.2, 0.25) is 0 Å². The van der Waals surface area contributed by atoms with Gasteiger partial charge in [0.2, 0.25) is 5.91 Å². The second kappa shape index (κ2) is 5.98. The van der Waals surface area contributed by atoms with E-state index in [4.69, 9.17) is 5.26 Å². The van der Waals surface area contributed by atoms with E-state index in [2.05, 4.69) is 10.6 Å². The number of Topliss-reactive ketones (excluding diaryl/α,β-unsaturated/α-hetero) is 1. The van der Waals surface area contributed by atoms with Gasteiger partial charge in [-0.25, -0.2) is 4.79 Å². The highest BCUT2D eigenvalue weighted by molar-refractivity contribution is 6.09. The average molecular weight is 299 g/mol. The summed E-state index contributed by atoms with van der Waals surface area (Å²) in [4.78, 5) is 36.3. The first-order valence-electron chi connectivity index (χ1n) is 7.01. The number of aryl methyl sites for hydroxylation is 1. The van der Waals surface area contributed by atoms with E-state index in [0.29, 0.717) is 11.1 Å². The molecule has 114 valence electrons. The fourth-order valence-electron chi connectivity index (χ4n) is 2.70. The maximum absolute atomic E-state index is 12.7. The van der Waals surface area contributed by atoms with E-state index < -0.39 is 23.9 Å². The van der Waals surface area contributed by atoms with E-state index in [-0.39, 0.29) is 11.7 Å². The van der Waals surface area contributed by atoms with E-state index in [1.165, 1.54) is 6.07 Å². The van der Waals surface area contributed by atoms with Gasteiger partial charge in [-0.1, -0.05) is 13.8 Å². The minimum atomic E-state index is -0.922. The number of nitrogens with one attached hydrogen (secondary N) is 2. The summed E-state index contributed by atoms with van der Waals surface area (Å²) >= 11 is 0. The van der Waals surface area contributed by atoms with Crippen LogP contribution in [0.4, 0.5) is 4.79 Å². The Morgan fingerprint density at radius 3 is 2.55 bits per heavy atom. The highest BCUT2D eigenvalue weighted by Gasteiger charge is 2.41. The quantitative estimate of drug-likeness (QED) is 0.827. The lowest BCUT2D eigenvalue weighted by atomic mass is 9.82. The molecule has 0 saturated carbocycles. The molecule has 0 radical (unpaired) electrons. The van der Waals surface area contributed by atoms with Gasteiger partial charge in [0, 0.05) is 5.56 Å². The molecule has 6 heteroatoms. The minimum absolute atomic E-state index is 0.116. The van der Waals surface area contributed by atoms with Crippen molar-refractivity contribution in [2.45, 2.75) is 26.8 Å². The Kier molecular flexibility index (Phi) is 4.27. The average Bonchev–Trinajstić information content (AvgIpc) is 2.44. The Balaban J connectivity index is 2.41. The van der Waals surface area contributed by atoms with E-state index in [1.807, 2.05) is 19.9 Å². The fourth-order valence-corrected chi connectivity index (χ4v) is 2.70. The summed E-state index contributed by atoms with van der Waals surface area (Å²) in [5, 5.41) is 13.7. The van der Waals surface area contributed by atoms with Crippen molar-refractivity contribution < 1.29 is 14.4 Å². The predicted molar refractivity (Wildman–Crippen MR) is 79.0 cm³/mol. The van der Waals surface area contributed by atoms with Crippen LogP contribution in [-0.4, -0.2) is 23.8 Å². The van der Waals surface area contributed by atoms with Crippen LogP contribution in [-0.2, 0) is 4.79 Å². The summed E-state index contributed by atoms with van der Waals surface area (Å²) in [6, 6.07) is 5.20. The first kappa shape index (κ1) is 15.7. The van der Waals surface area contributed by atoms with Crippen molar-refractivity contribution in [1.82, 2.24) is 10.6 Å². The normalized spacial score (nSPS) is 21.0. The Labute approximate surface area is 128 Å². The number of ketones is 1. The van der Waals surface area contributed by atoms with Crippen molar-refractivity contribution in [2.75, 3.05) is 0 Å². The van der Waals surface area contributed by atoms with Gasteiger partial charge in [0.05, 0.1) is 17.6 Å². The van der Waals surface area contributed by atoms with E-state index in [1.54, 1.807) is 19.1 Å². The van der Waals surface area contributed by atoms with Gasteiger partial charge in [-0.15, -0.1) is 0 Å². The van der Waals surface area contributed by atoms with E-state index >= 15 is 0 Å². The number of urea groups is 1. The molecule has 1 fully saturated rings. The number of hydrogen-bond acceptors (Lipinski definition) is 4. The summed E-state index contributed by atoms with van der Waals surface area (Å²) in [5.74, 6) is -1.57. The number of rotatable bonds is 3. The SMILES string of the molecule is Cc1cc(C#N)cc(C(=O)C2NC(=O)NC(=O)C2C(C)C)c1. The molecule has 3 amide bonds. The monoisotopic (exact) mass is 299 g/mol. The van der Waals surface area contributed by atoms with Crippen molar-refractivity contribution in [3.05, 3.63) is 34.9 Å². The molecule has 0 aliphatic carbocycles. The Bertz CT molecular complexity index is 688. The molecule has 0 spiro atoms. The largest absolute Gasteiger partial charge is 0.327 e. The topological polar surface area (TPSA) is 99.1 Å². The maximum atomic E-state index is 12.7. The maximum Gasteiger partial charge on any atom is 0.322 e. The van der Waals surface area contributed by atoms with Gasteiger partial charge in [-0.2, -0.15) is 5.26 Å². The molecule has 2 atom stereocenters. The Morgan fingerprint density at radius 1 is 1.27 bits per heavy atom. The van der Waals surface area contributed by atoms with E-state index in [9.17, 15) is 14.4 Å². The zero-order valence-corrected chi connectivity index (χ0v) is 12.6. The lowest BCUT2D eigenvalue weighted by Gasteiger charge is -2.32. The third kappa shape index (κ3) is 2.98. The summed E-state index contributed by atoms with van der Waals surface area (Å²) < 4.78 is 0. The first-order valence-corrected chi connectivity index (χ1v) is 7.01. The van der Waals surface area contributed by atoms with Crippen molar-refractivity contribution in [2.24, 2.45) is 11.8 Å². The number of carbonyl (C=O) groups excluding carboxylic acids is 3. The molecule has 1 aromatic rings. The van der Waals surface area contributed by atoms with Crippen molar-refractivity contribution in [1.29, 1.82) is 5.26 Å². The van der Waals surface area contributed by atoms with Gasteiger partial charge in [0.1, 0.15) is 6.04 Å². The lowest BCUT2D eigenvalue weighted by molar-refractivity contribution is -0.126. The van der Waals surface area contributed by atoms with Crippen LogP contribution in [0.25, 0.3) is 0 Å². The molecule has 0 bridgehead atoms. The molecule has 22 heavy (non-hydrogen) atoms. The molecule has 1 heterocycles. The molecular weight excluding hydrogens is 282 g/mol. The Morgan fingerprint density at radius 2 is 1.95 bits per heavy atom. The van der Waals surface area contributed by atoms with Gasteiger partial charge >= 0.3 is 6.03 Å². The molecule has 6 nitrogen and oxygen atoms in total. The van der Waals surface area contributed by atoms with Gasteiger partial charge in [0.15, 0.2) is 5.78 Å². The number of benzene rings is 1. The number of nitriles is 1. The molecule has 2 N–H and O–H groups in total. The second-order valence-electron chi connectivity index (χ2n) is 5.77. The van der Waals surface area contributed by atoms with Crippen LogP contribution in [0.3, 0.4) is 0 Å². The van der Waals surface area contributed by atoms with Crippen LogP contribution < -0.4 is 10.6 Å². The van der Waals surface area contributed by atoms with Crippen molar-refractivity contribution in [3.8, 4) is 6.07 Å². The van der Waals surface area contributed by atoms with Crippen LogP contribution in [0.15, 0.2) is 18.2 Å². The Hall–Kier alpha value is -2.68. The molecule has 2 unspecified atom stereocenters. The molecular formula is C16H17N3O3. The van der Waals surface area contributed by atoms with Crippen LogP contribution in [0, 0.1) is 30.1 Å². The number of hydrogen-bond donors (Lipinski definition) is 2. The van der Waals surface area contributed by atoms with Gasteiger partial charge in [-0.3, -0.25) is 14.9 Å². The fraction of sp³-hybridized carbons (Fsp3) is 0.375. The second-order valence-corrected chi connectivity index (χ2v) is 5.77. The molecule has 2 rings (SSSR count). The standard InChI is InChI=1S/C16H17N3O3/c1-8(2)12-13(18-16(22)19-15(12)21)14(20)11-5-9(3)4-10(6-11)7-17/h4-6,8,12-13H,1-3H3,(H2,18,19,21,22). The number of carbonyl (C=O) groups is 3. The third-order valence-corrected chi connectivity index (χ3v) is 3.68. The lowest BCUT2D eigenvalue weighted by Crippen LogP contribution is -2.62. The molecule has 1 aliphatic rings. The third-order valence-electron chi connectivity index (χ3n) is 3.68. The zero-order valence-electron chi connectivity index (χ0n) is 12.6. The highest BCUT2D eigenvalue weighted by atomic mass is 16.2. The molecule has 1 aromatic carbocycles. The van der Waals surface area contributed by atoms with Gasteiger partial charge < -0.3 is 5.32 Å². The zero-order chi connectivity index (χ0) is 16.4. The number of nitrogens with zero attached hydrogens (tertiary/aromatic N) is 1. The van der Waals surface area contributed by atoms with Crippen LogP contribution >= 0.6 is 0 Å². The van der Waals surface area contributed by atoms with Crippen molar-refractivity contribution >= 4 is 17.7 Å². The minimum Gasteiger partial charge on any atom is -0.327 e. The summed E-state index contributed by atoms with van der Waals surface area (Å²) in [6.45, 7) is 5.42. The number of amides is 3. The predicted octanol–water partition coefficient (Wildman–Crippen LogP) is 1.53. The smallest absolute Gasteiger partial charge is 0.322 e. The first-order chi connectivity index (χ1) is 10.3. The summed E-state index contributed by atoms with van der Waals surface area (Å²) in [6.07, 6.45) is 0. The van der Waals surface area contributed by atoms with Crippen molar-refractivity contribution in [3.63, 3.8) is 0 Å². The number of imide groups is 1. The molecule has 1 aliphatic heterocycles. The summed E-state index contributed by atoms with van der Waals surface area (Å²) in [7, 11) is 0. The van der Waals surface area contributed by atoms with Gasteiger partial charge in [0.25, 0.3) is 0 Å². The van der Waals surface area contributed by atoms with Crippen LogP contribution in [0.5, 0.6) is 0 Å². The molecule has 0 aromatic heterocycles. The van der Waals surface area contributed by atoms with Crippen LogP contribution in [0.1, 0.15) is 35.3 Å². The molecule has 1 saturated heterocycles. The van der Waals surface area contributed by atoms with Gasteiger partial charge in [-0.05, 0) is 36.6 Å². The highest BCUT2D eigenvalue weighted by Crippen LogP contribution is 2.22.